The maximum atomic E-state index is 12.2. The second-order valence-electron chi connectivity index (χ2n) is 5.99. The molecule has 21 heavy (non-hydrogen) atoms. The van der Waals surface area contributed by atoms with Crippen molar-refractivity contribution in [3.63, 3.8) is 0 Å². The molecule has 1 aliphatic heterocycles. The zero-order chi connectivity index (χ0) is 14.9. The molecule has 0 spiro atoms. The third-order valence-corrected chi connectivity index (χ3v) is 4.81. The number of hydrogen-bond donors (Lipinski definition) is 2. The van der Waals surface area contributed by atoms with Crippen molar-refractivity contribution in [2.45, 2.75) is 25.7 Å². The first-order valence-corrected chi connectivity index (χ1v) is 7.40. The number of carbonyl (C=O) groups excluding carboxylic acids is 1. The Morgan fingerprint density at radius 2 is 2.38 bits per heavy atom. The van der Waals surface area contributed by atoms with Crippen molar-refractivity contribution in [1.29, 1.82) is 0 Å². The van der Waals surface area contributed by atoms with Crippen LogP contribution in [0.4, 0.5) is 4.79 Å². The van der Waals surface area contributed by atoms with Crippen LogP contribution in [0.2, 0.25) is 0 Å². The van der Waals surface area contributed by atoms with E-state index in [2.05, 4.69) is 5.32 Å². The van der Waals surface area contributed by atoms with E-state index in [4.69, 9.17) is 4.42 Å². The van der Waals surface area contributed by atoms with E-state index < -0.39 is 11.4 Å². The fraction of sp³-hybridized carbons (Fsp3) is 0.600. The van der Waals surface area contributed by atoms with Crippen LogP contribution in [0, 0.1) is 11.3 Å². The Morgan fingerprint density at radius 3 is 3.05 bits per heavy atom. The molecule has 114 valence electrons. The van der Waals surface area contributed by atoms with Crippen LogP contribution in [0.25, 0.3) is 0 Å². The molecule has 1 saturated carbocycles. The minimum Gasteiger partial charge on any atom is -0.481 e. The third-order valence-electron chi connectivity index (χ3n) is 4.81. The summed E-state index contributed by atoms with van der Waals surface area (Å²) in [7, 11) is 0. The fourth-order valence-corrected chi connectivity index (χ4v) is 3.65. The molecule has 2 amide bonds. The lowest BCUT2D eigenvalue weighted by Crippen LogP contribution is -2.42. The molecule has 0 radical (unpaired) electrons. The number of furan rings is 1. The molecule has 2 heterocycles. The van der Waals surface area contributed by atoms with Gasteiger partial charge in [0.25, 0.3) is 0 Å². The topological polar surface area (TPSA) is 82.8 Å². The van der Waals surface area contributed by atoms with Crippen molar-refractivity contribution >= 4 is 12.0 Å². The SMILES string of the molecule is O=C(NCCc1ccco1)N1C[C@@H]2CCC[C@@]2(C(=O)O)C1. The van der Waals surface area contributed by atoms with Gasteiger partial charge in [0.2, 0.25) is 0 Å². The molecule has 6 heteroatoms. The van der Waals surface area contributed by atoms with Gasteiger partial charge in [-0.25, -0.2) is 4.79 Å². The van der Waals surface area contributed by atoms with Crippen LogP contribution in [0.5, 0.6) is 0 Å². The zero-order valence-corrected chi connectivity index (χ0v) is 11.9. The van der Waals surface area contributed by atoms with Crippen LogP contribution in [-0.2, 0) is 11.2 Å². The summed E-state index contributed by atoms with van der Waals surface area (Å²) in [5.74, 6) is 0.178. The smallest absolute Gasteiger partial charge is 0.317 e. The Morgan fingerprint density at radius 1 is 1.52 bits per heavy atom. The van der Waals surface area contributed by atoms with Crippen molar-refractivity contribution in [3.8, 4) is 0 Å². The van der Waals surface area contributed by atoms with Gasteiger partial charge >= 0.3 is 12.0 Å². The summed E-state index contributed by atoms with van der Waals surface area (Å²) in [6.45, 7) is 1.38. The molecule has 2 fully saturated rings. The van der Waals surface area contributed by atoms with Gasteiger partial charge in [0, 0.05) is 26.1 Å². The Labute approximate surface area is 123 Å². The largest absolute Gasteiger partial charge is 0.481 e. The molecule has 0 unspecified atom stereocenters. The molecule has 1 aromatic rings. The maximum Gasteiger partial charge on any atom is 0.317 e. The van der Waals surface area contributed by atoms with Gasteiger partial charge in [0.15, 0.2) is 0 Å². The number of amides is 2. The first-order chi connectivity index (χ1) is 10.1. The van der Waals surface area contributed by atoms with E-state index in [9.17, 15) is 14.7 Å². The number of carboxylic acid groups (broad SMARTS) is 1. The zero-order valence-electron chi connectivity index (χ0n) is 11.9. The van der Waals surface area contributed by atoms with E-state index in [0.29, 0.717) is 32.5 Å². The summed E-state index contributed by atoms with van der Waals surface area (Å²) in [4.78, 5) is 25.4. The highest BCUT2D eigenvalue weighted by molar-refractivity contribution is 5.80. The number of carboxylic acids is 1. The summed E-state index contributed by atoms with van der Waals surface area (Å²) >= 11 is 0. The van der Waals surface area contributed by atoms with Gasteiger partial charge in [-0.3, -0.25) is 4.79 Å². The second-order valence-corrected chi connectivity index (χ2v) is 5.99. The molecular formula is C15H20N2O4. The fourth-order valence-electron chi connectivity index (χ4n) is 3.65. The minimum absolute atomic E-state index is 0.103. The van der Waals surface area contributed by atoms with Crippen molar-refractivity contribution in [3.05, 3.63) is 24.2 Å². The van der Waals surface area contributed by atoms with E-state index in [-0.39, 0.29) is 11.9 Å². The summed E-state index contributed by atoms with van der Waals surface area (Å²) in [6, 6.07) is 3.51. The highest BCUT2D eigenvalue weighted by Gasteiger charge is 2.55. The molecule has 0 aromatic carbocycles. The Kier molecular flexibility index (Phi) is 3.61. The van der Waals surface area contributed by atoms with Crippen molar-refractivity contribution < 1.29 is 19.1 Å². The van der Waals surface area contributed by atoms with Gasteiger partial charge in [-0.2, -0.15) is 0 Å². The number of likely N-dealkylation sites (tertiary alicyclic amines) is 1. The van der Waals surface area contributed by atoms with E-state index in [1.54, 1.807) is 11.2 Å². The van der Waals surface area contributed by atoms with E-state index in [1.807, 2.05) is 12.1 Å². The Hall–Kier alpha value is -1.98. The average molecular weight is 292 g/mol. The summed E-state index contributed by atoms with van der Waals surface area (Å²) in [5, 5.41) is 12.3. The van der Waals surface area contributed by atoms with Gasteiger partial charge in [-0.15, -0.1) is 0 Å². The number of nitrogens with one attached hydrogen (secondary N) is 1. The van der Waals surface area contributed by atoms with Crippen LogP contribution in [0.3, 0.4) is 0 Å². The first kappa shape index (κ1) is 14.0. The Bertz CT molecular complexity index is 528. The molecule has 2 aliphatic rings. The van der Waals surface area contributed by atoms with Gasteiger partial charge in [0.05, 0.1) is 11.7 Å². The maximum absolute atomic E-state index is 12.2. The first-order valence-electron chi connectivity index (χ1n) is 7.40. The second kappa shape index (κ2) is 5.42. The molecule has 2 N–H and O–H groups in total. The summed E-state index contributed by atoms with van der Waals surface area (Å²) in [5.41, 5.74) is -0.710. The van der Waals surface area contributed by atoms with Crippen LogP contribution >= 0.6 is 0 Å². The third kappa shape index (κ3) is 2.50. The standard InChI is InChI=1S/C15H20N2O4/c18-13(19)15-6-1-3-11(15)9-17(10-15)14(20)16-7-5-12-4-2-8-21-12/h2,4,8,11H,1,3,5-7,9-10H2,(H,16,20)(H,18,19)/t11-,15+/m0/s1. The van der Waals surface area contributed by atoms with Crippen LogP contribution < -0.4 is 5.32 Å². The van der Waals surface area contributed by atoms with Gasteiger partial charge in [0.1, 0.15) is 5.76 Å². The molecule has 0 bridgehead atoms. The van der Waals surface area contributed by atoms with Gasteiger partial charge < -0.3 is 19.7 Å². The number of carbonyl (C=O) groups is 2. The Balaban J connectivity index is 1.53. The highest BCUT2D eigenvalue weighted by Crippen LogP contribution is 2.48. The molecule has 2 atom stereocenters. The number of hydrogen-bond acceptors (Lipinski definition) is 3. The van der Waals surface area contributed by atoms with E-state index >= 15 is 0 Å². The lowest BCUT2D eigenvalue weighted by atomic mass is 9.81. The predicted octanol–water partition coefficient (Wildman–Crippen LogP) is 1.72. The predicted molar refractivity (Wildman–Crippen MR) is 74.8 cm³/mol. The van der Waals surface area contributed by atoms with E-state index in [1.165, 1.54) is 0 Å². The molecular weight excluding hydrogens is 272 g/mol. The number of nitrogens with zero attached hydrogens (tertiary/aromatic N) is 1. The molecule has 1 aromatic heterocycles. The summed E-state index contributed by atoms with van der Waals surface area (Å²) in [6.07, 6.45) is 4.78. The average Bonchev–Trinajstić information content (AvgIpc) is 3.13. The van der Waals surface area contributed by atoms with Crippen molar-refractivity contribution in [1.82, 2.24) is 10.2 Å². The lowest BCUT2D eigenvalue weighted by molar-refractivity contribution is -0.149. The van der Waals surface area contributed by atoms with Crippen molar-refractivity contribution in [2.24, 2.45) is 11.3 Å². The van der Waals surface area contributed by atoms with Gasteiger partial charge in [-0.1, -0.05) is 6.42 Å². The molecule has 6 nitrogen and oxygen atoms in total. The van der Waals surface area contributed by atoms with Crippen LogP contribution in [0.15, 0.2) is 22.8 Å². The highest BCUT2D eigenvalue weighted by atomic mass is 16.4. The van der Waals surface area contributed by atoms with E-state index in [0.717, 1.165) is 18.6 Å². The number of fused-ring (bicyclic) bond motifs is 1. The quantitative estimate of drug-likeness (QED) is 0.885. The summed E-state index contributed by atoms with van der Waals surface area (Å²) < 4.78 is 5.21. The minimum atomic E-state index is -0.754. The van der Waals surface area contributed by atoms with Crippen LogP contribution in [0.1, 0.15) is 25.0 Å². The number of rotatable bonds is 4. The van der Waals surface area contributed by atoms with Crippen molar-refractivity contribution in [2.75, 3.05) is 19.6 Å². The normalized spacial score (nSPS) is 27.6. The number of urea groups is 1. The molecule has 1 saturated heterocycles. The molecule has 1 aliphatic carbocycles. The van der Waals surface area contributed by atoms with Crippen LogP contribution in [-0.4, -0.2) is 41.6 Å². The number of aliphatic carboxylic acids is 1. The monoisotopic (exact) mass is 292 g/mol. The van der Waals surface area contributed by atoms with Gasteiger partial charge in [-0.05, 0) is 30.9 Å². The lowest BCUT2D eigenvalue weighted by Gasteiger charge is -2.23. The molecule has 3 rings (SSSR count).